The highest BCUT2D eigenvalue weighted by atomic mass is 35.5. The molecule has 1 aromatic heterocycles. The Kier molecular flexibility index (Phi) is 5.51. The SMILES string of the molecule is Cn1ccnc1C(NC(=O)CN1C(=O)c2cc(Cl)c(Cl)cc2C1=O)c1cccc(F)c1. The number of fused-ring (bicyclic) bond motifs is 1. The van der Waals surface area contributed by atoms with Crippen LogP contribution < -0.4 is 5.32 Å². The monoisotopic (exact) mass is 460 g/mol. The Morgan fingerprint density at radius 1 is 1.13 bits per heavy atom. The number of carbonyl (C=O) groups is 3. The summed E-state index contributed by atoms with van der Waals surface area (Å²) < 4.78 is 15.5. The Hall–Kier alpha value is -3.23. The van der Waals surface area contributed by atoms with E-state index in [-0.39, 0.29) is 21.2 Å². The lowest BCUT2D eigenvalue weighted by Gasteiger charge is -2.21. The topological polar surface area (TPSA) is 84.3 Å². The first-order valence-corrected chi connectivity index (χ1v) is 9.89. The van der Waals surface area contributed by atoms with Crippen molar-refractivity contribution in [3.63, 3.8) is 0 Å². The maximum Gasteiger partial charge on any atom is 0.262 e. The van der Waals surface area contributed by atoms with Crippen LogP contribution in [0.3, 0.4) is 0 Å². The number of carbonyl (C=O) groups excluding carboxylic acids is 3. The van der Waals surface area contributed by atoms with Gasteiger partial charge in [0.25, 0.3) is 11.8 Å². The van der Waals surface area contributed by atoms with Gasteiger partial charge in [-0.1, -0.05) is 35.3 Å². The fraction of sp³-hybridized carbons (Fsp3) is 0.143. The second-order valence-corrected chi connectivity index (χ2v) is 7.77. The molecule has 1 aliphatic heterocycles. The molecule has 4 rings (SSSR count). The summed E-state index contributed by atoms with van der Waals surface area (Å²) in [6, 6.07) is 7.56. The van der Waals surface area contributed by atoms with Gasteiger partial charge in [-0.05, 0) is 29.8 Å². The second kappa shape index (κ2) is 8.13. The van der Waals surface area contributed by atoms with E-state index in [1.54, 1.807) is 30.1 Å². The molecule has 0 radical (unpaired) electrons. The first-order valence-electron chi connectivity index (χ1n) is 9.13. The lowest BCUT2D eigenvalue weighted by molar-refractivity contribution is -0.122. The highest BCUT2D eigenvalue weighted by molar-refractivity contribution is 6.43. The van der Waals surface area contributed by atoms with Gasteiger partial charge in [-0.2, -0.15) is 0 Å². The summed E-state index contributed by atoms with van der Waals surface area (Å²) in [6.45, 7) is -0.530. The Morgan fingerprint density at radius 3 is 2.32 bits per heavy atom. The summed E-state index contributed by atoms with van der Waals surface area (Å²) in [4.78, 5) is 43.2. The van der Waals surface area contributed by atoms with Crippen LogP contribution in [-0.4, -0.2) is 38.7 Å². The van der Waals surface area contributed by atoms with E-state index in [9.17, 15) is 18.8 Å². The number of hydrogen-bond acceptors (Lipinski definition) is 4. The minimum Gasteiger partial charge on any atom is -0.341 e. The van der Waals surface area contributed by atoms with Crippen molar-refractivity contribution in [1.82, 2.24) is 19.8 Å². The van der Waals surface area contributed by atoms with Crippen molar-refractivity contribution in [2.45, 2.75) is 6.04 Å². The minimum atomic E-state index is -0.790. The van der Waals surface area contributed by atoms with Crippen LogP contribution in [0.4, 0.5) is 4.39 Å². The third-order valence-electron chi connectivity index (χ3n) is 4.92. The molecule has 0 bridgehead atoms. The minimum absolute atomic E-state index is 0.0815. The molecule has 7 nitrogen and oxygen atoms in total. The zero-order valence-corrected chi connectivity index (χ0v) is 17.6. The van der Waals surface area contributed by atoms with Gasteiger partial charge in [-0.25, -0.2) is 9.37 Å². The van der Waals surface area contributed by atoms with Crippen LogP contribution in [-0.2, 0) is 11.8 Å². The number of aryl methyl sites for hydroxylation is 1. The van der Waals surface area contributed by atoms with Crippen molar-refractivity contribution in [1.29, 1.82) is 0 Å². The van der Waals surface area contributed by atoms with Gasteiger partial charge in [-0.15, -0.1) is 0 Å². The number of nitrogens with zero attached hydrogens (tertiary/aromatic N) is 3. The van der Waals surface area contributed by atoms with E-state index < -0.39 is 36.1 Å². The molecular formula is C21H15Cl2FN4O3. The summed E-state index contributed by atoms with van der Waals surface area (Å²) in [7, 11) is 1.73. The molecule has 0 spiro atoms. The Morgan fingerprint density at radius 2 is 1.77 bits per heavy atom. The predicted octanol–water partition coefficient (Wildman–Crippen LogP) is 3.37. The molecule has 1 atom stereocenters. The number of amides is 3. The molecule has 0 aliphatic carbocycles. The lowest BCUT2D eigenvalue weighted by atomic mass is 10.1. The van der Waals surface area contributed by atoms with Gasteiger partial charge in [-0.3, -0.25) is 19.3 Å². The van der Waals surface area contributed by atoms with Crippen LogP contribution in [0.25, 0.3) is 0 Å². The molecule has 31 heavy (non-hydrogen) atoms. The standard InChI is InChI=1S/C21H15Cl2FN4O3/c1-27-6-5-25-19(27)18(11-3-2-4-12(24)7-11)26-17(29)10-28-20(30)13-8-15(22)16(23)9-14(13)21(28)31/h2-9,18H,10H2,1H3,(H,26,29). The van der Waals surface area contributed by atoms with E-state index in [0.29, 0.717) is 11.4 Å². The number of benzene rings is 2. The number of rotatable bonds is 5. The van der Waals surface area contributed by atoms with Crippen LogP contribution in [0.5, 0.6) is 0 Å². The summed E-state index contributed by atoms with van der Waals surface area (Å²) in [5.74, 6) is -1.93. The smallest absolute Gasteiger partial charge is 0.262 e. The lowest BCUT2D eigenvalue weighted by Crippen LogP contribution is -2.42. The van der Waals surface area contributed by atoms with E-state index in [4.69, 9.17) is 23.2 Å². The Labute approximate surface area is 186 Å². The van der Waals surface area contributed by atoms with E-state index in [2.05, 4.69) is 10.3 Å². The largest absolute Gasteiger partial charge is 0.341 e. The van der Waals surface area contributed by atoms with E-state index in [1.165, 1.54) is 30.3 Å². The average molecular weight is 461 g/mol. The summed E-state index contributed by atoms with van der Waals surface area (Å²) in [5, 5.41) is 3.00. The third-order valence-corrected chi connectivity index (χ3v) is 5.64. The highest BCUT2D eigenvalue weighted by Crippen LogP contribution is 2.31. The van der Waals surface area contributed by atoms with E-state index in [1.807, 2.05) is 0 Å². The van der Waals surface area contributed by atoms with Gasteiger partial charge in [0, 0.05) is 19.4 Å². The van der Waals surface area contributed by atoms with Crippen LogP contribution >= 0.6 is 23.2 Å². The molecular weight excluding hydrogens is 446 g/mol. The van der Waals surface area contributed by atoms with Crippen molar-refractivity contribution >= 4 is 40.9 Å². The van der Waals surface area contributed by atoms with Crippen molar-refractivity contribution in [3.8, 4) is 0 Å². The molecule has 0 saturated heterocycles. The molecule has 2 heterocycles. The van der Waals surface area contributed by atoms with E-state index >= 15 is 0 Å². The van der Waals surface area contributed by atoms with Gasteiger partial charge in [0.15, 0.2) is 0 Å². The number of nitrogens with one attached hydrogen (secondary N) is 1. The van der Waals surface area contributed by atoms with Gasteiger partial charge < -0.3 is 9.88 Å². The normalized spacial score (nSPS) is 14.0. The zero-order chi connectivity index (χ0) is 22.3. The fourth-order valence-electron chi connectivity index (χ4n) is 3.42. The molecule has 2 aromatic carbocycles. The Balaban J connectivity index is 1.58. The molecule has 0 saturated carbocycles. The van der Waals surface area contributed by atoms with Gasteiger partial charge in [0.1, 0.15) is 24.2 Å². The maximum atomic E-state index is 13.8. The molecule has 158 valence electrons. The van der Waals surface area contributed by atoms with Crippen molar-refractivity contribution in [3.05, 3.63) is 87.2 Å². The molecule has 1 aliphatic rings. The highest BCUT2D eigenvalue weighted by Gasteiger charge is 2.38. The van der Waals surface area contributed by atoms with Crippen LogP contribution in [0.2, 0.25) is 10.0 Å². The average Bonchev–Trinajstić information content (AvgIpc) is 3.24. The van der Waals surface area contributed by atoms with Gasteiger partial charge >= 0.3 is 0 Å². The Bertz CT molecular complexity index is 1190. The number of aromatic nitrogens is 2. The molecule has 1 unspecified atom stereocenters. The summed E-state index contributed by atoms with van der Waals surface area (Å²) in [5.41, 5.74) is 0.625. The predicted molar refractivity (Wildman–Crippen MR) is 111 cm³/mol. The van der Waals surface area contributed by atoms with Gasteiger partial charge in [0.05, 0.1) is 21.2 Å². The maximum absolute atomic E-state index is 13.8. The third kappa shape index (κ3) is 3.92. The van der Waals surface area contributed by atoms with Crippen molar-refractivity contribution in [2.24, 2.45) is 7.05 Å². The summed E-state index contributed by atoms with van der Waals surface area (Å²) in [6.07, 6.45) is 3.23. The molecule has 3 aromatic rings. The number of imide groups is 1. The molecule has 3 amide bonds. The molecule has 0 fully saturated rings. The van der Waals surface area contributed by atoms with Crippen molar-refractivity contribution in [2.75, 3.05) is 6.54 Å². The first-order chi connectivity index (χ1) is 14.8. The van der Waals surface area contributed by atoms with Crippen molar-refractivity contribution < 1.29 is 18.8 Å². The van der Waals surface area contributed by atoms with Crippen LogP contribution in [0.1, 0.15) is 38.1 Å². The first kappa shape index (κ1) is 21.0. The van der Waals surface area contributed by atoms with Gasteiger partial charge in [0.2, 0.25) is 5.91 Å². The molecule has 10 heteroatoms. The number of hydrogen-bond donors (Lipinski definition) is 1. The van der Waals surface area contributed by atoms with Crippen LogP contribution in [0.15, 0.2) is 48.8 Å². The fourth-order valence-corrected chi connectivity index (χ4v) is 3.74. The number of halogens is 3. The second-order valence-electron chi connectivity index (χ2n) is 6.96. The number of imidazole rings is 1. The molecule has 1 N–H and O–H groups in total. The van der Waals surface area contributed by atoms with E-state index in [0.717, 1.165) is 4.90 Å². The summed E-state index contributed by atoms with van der Waals surface area (Å²) >= 11 is 11.9. The zero-order valence-electron chi connectivity index (χ0n) is 16.1. The quantitative estimate of drug-likeness (QED) is 0.591. The van der Waals surface area contributed by atoms with Crippen LogP contribution in [0, 0.1) is 5.82 Å².